The molecule has 7 heteroatoms. The van der Waals surface area contributed by atoms with Crippen LogP contribution in [-0.4, -0.2) is 45.7 Å². The lowest BCUT2D eigenvalue weighted by molar-refractivity contribution is 0.294. The molecular weight excluding hydrogens is 278 g/mol. The minimum absolute atomic E-state index is 0.0132. The molecule has 0 spiro atoms. The van der Waals surface area contributed by atoms with Gasteiger partial charge < -0.3 is 9.67 Å². The number of rotatable bonds is 4. The molecular formula is C13H17N3O3S. The molecule has 0 saturated carbocycles. The van der Waals surface area contributed by atoms with Crippen LogP contribution in [0.5, 0.6) is 0 Å². The zero-order valence-electron chi connectivity index (χ0n) is 11.1. The first-order valence-corrected chi connectivity index (χ1v) is 8.46. The van der Waals surface area contributed by atoms with E-state index in [9.17, 15) is 8.42 Å². The van der Waals surface area contributed by atoms with Crippen molar-refractivity contribution < 1.29 is 13.5 Å². The van der Waals surface area contributed by atoms with Crippen molar-refractivity contribution in [2.75, 3.05) is 12.4 Å². The summed E-state index contributed by atoms with van der Waals surface area (Å²) in [5, 5.41) is 8.78. The lowest BCUT2D eigenvalue weighted by Gasteiger charge is -2.13. The third kappa shape index (κ3) is 2.31. The van der Waals surface area contributed by atoms with Crippen LogP contribution in [0.15, 0.2) is 18.3 Å². The maximum atomic E-state index is 12.0. The Bertz CT molecular complexity index is 724. The predicted molar refractivity (Wildman–Crippen MR) is 75.1 cm³/mol. The van der Waals surface area contributed by atoms with Gasteiger partial charge in [-0.1, -0.05) is 0 Å². The van der Waals surface area contributed by atoms with Gasteiger partial charge in [0.05, 0.1) is 17.6 Å². The van der Waals surface area contributed by atoms with Crippen molar-refractivity contribution in [3.05, 3.63) is 24.2 Å². The van der Waals surface area contributed by atoms with E-state index in [1.165, 1.54) is 0 Å². The largest absolute Gasteiger partial charge is 0.396 e. The molecule has 0 bridgehead atoms. The van der Waals surface area contributed by atoms with Gasteiger partial charge in [0.25, 0.3) is 0 Å². The van der Waals surface area contributed by atoms with Gasteiger partial charge in [0.2, 0.25) is 0 Å². The number of hydrogen-bond donors (Lipinski definition) is 1. The highest BCUT2D eigenvalue weighted by Gasteiger charge is 2.32. The average molecular weight is 295 g/mol. The van der Waals surface area contributed by atoms with E-state index in [0.29, 0.717) is 30.9 Å². The van der Waals surface area contributed by atoms with Crippen LogP contribution in [0.2, 0.25) is 0 Å². The number of fused-ring (bicyclic) bond motifs is 1. The Kier molecular flexibility index (Phi) is 3.47. The third-order valence-electron chi connectivity index (χ3n) is 3.77. The maximum absolute atomic E-state index is 12.0. The number of aliphatic hydroxyl groups is 1. The molecule has 3 heterocycles. The highest BCUT2D eigenvalue weighted by atomic mass is 32.2. The summed E-state index contributed by atoms with van der Waals surface area (Å²) in [6, 6.07) is 3.65. The Morgan fingerprint density at radius 2 is 2.30 bits per heavy atom. The number of pyridine rings is 1. The lowest BCUT2D eigenvalue weighted by Crippen LogP contribution is -2.23. The van der Waals surface area contributed by atoms with Crippen LogP contribution in [0.25, 0.3) is 11.2 Å². The lowest BCUT2D eigenvalue weighted by atomic mass is 10.2. The van der Waals surface area contributed by atoms with Crippen molar-refractivity contribution >= 4 is 21.0 Å². The molecule has 1 unspecified atom stereocenters. The minimum atomic E-state index is -3.00. The second-order valence-electron chi connectivity index (χ2n) is 5.09. The quantitative estimate of drug-likeness (QED) is 0.890. The van der Waals surface area contributed by atoms with E-state index in [1.54, 1.807) is 12.3 Å². The number of hydrogen-bond acceptors (Lipinski definition) is 5. The maximum Gasteiger partial charge on any atom is 0.160 e. The first-order chi connectivity index (χ1) is 9.62. The number of nitrogens with zero attached hydrogens (tertiary/aromatic N) is 3. The summed E-state index contributed by atoms with van der Waals surface area (Å²) in [6.45, 7) is 0.367. The number of sulfone groups is 1. The average Bonchev–Trinajstić information content (AvgIpc) is 2.92. The van der Waals surface area contributed by atoms with Crippen molar-refractivity contribution in [1.82, 2.24) is 14.5 Å². The summed E-state index contributed by atoms with van der Waals surface area (Å²) in [7, 11) is -3.00. The van der Waals surface area contributed by atoms with Gasteiger partial charge in [0, 0.05) is 19.2 Å². The summed E-state index contributed by atoms with van der Waals surface area (Å²) in [5.41, 5.74) is 1.43. The van der Waals surface area contributed by atoms with Crippen molar-refractivity contribution in [3.63, 3.8) is 0 Å². The Labute approximate surface area is 117 Å². The number of imidazole rings is 1. The van der Waals surface area contributed by atoms with Crippen LogP contribution in [0.3, 0.4) is 0 Å². The molecule has 1 saturated heterocycles. The monoisotopic (exact) mass is 295 g/mol. The molecule has 0 aliphatic carbocycles. The molecule has 1 N–H and O–H groups in total. The van der Waals surface area contributed by atoms with Gasteiger partial charge >= 0.3 is 0 Å². The number of aliphatic hydroxyl groups excluding tert-OH is 1. The van der Waals surface area contributed by atoms with E-state index in [-0.39, 0.29) is 17.6 Å². The van der Waals surface area contributed by atoms with Crippen LogP contribution in [0, 0.1) is 0 Å². The van der Waals surface area contributed by atoms with E-state index in [4.69, 9.17) is 5.11 Å². The molecule has 108 valence electrons. The molecule has 1 fully saturated rings. The molecule has 1 aliphatic heterocycles. The summed E-state index contributed by atoms with van der Waals surface area (Å²) in [6.07, 6.45) is 3.49. The normalized spacial score (nSPS) is 21.6. The molecule has 1 atom stereocenters. The Morgan fingerprint density at radius 3 is 3.00 bits per heavy atom. The molecule has 3 rings (SSSR count). The van der Waals surface area contributed by atoms with Gasteiger partial charge in [-0.05, 0) is 25.0 Å². The van der Waals surface area contributed by atoms with Crippen molar-refractivity contribution in [2.24, 2.45) is 0 Å². The fourth-order valence-electron chi connectivity index (χ4n) is 2.75. The van der Waals surface area contributed by atoms with E-state index in [0.717, 1.165) is 11.9 Å². The van der Waals surface area contributed by atoms with Crippen LogP contribution in [-0.2, 0) is 22.8 Å². The Balaban J connectivity index is 2.03. The summed E-state index contributed by atoms with van der Waals surface area (Å²) < 4.78 is 25.8. The minimum Gasteiger partial charge on any atom is -0.396 e. The summed E-state index contributed by atoms with van der Waals surface area (Å²) in [4.78, 5) is 8.74. The Hall–Kier alpha value is -1.47. The predicted octanol–water partition coefficient (Wildman–Crippen LogP) is 0.543. The summed E-state index contributed by atoms with van der Waals surface area (Å²) in [5.74, 6) is 0.968. The zero-order valence-corrected chi connectivity index (χ0v) is 11.9. The van der Waals surface area contributed by atoms with Crippen molar-refractivity contribution in [3.8, 4) is 0 Å². The molecule has 0 aromatic carbocycles. The molecule has 1 aliphatic rings. The first kappa shape index (κ1) is 13.5. The van der Waals surface area contributed by atoms with Crippen LogP contribution < -0.4 is 0 Å². The van der Waals surface area contributed by atoms with Gasteiger partial charge in [-0.2, -0.15) is 0 Å². The van der Waals surface area contributed by atoms with Gasteiger partial charge in [-0.3, -0.25) is 0 Å². The zero-order chi connectivity index (χ0) is 14.2. The fraction of sp³-hybridized carbons (Fsp3) is 0.538. The van der Waals surface area contributed by atoms with Crippen molar-refractivity contribution in [2.45, 2.75) is 31.1 Å². The topological polar surface area (TPSA) is 85.1 Å². The van der Waals surface area contributed by atoms with Gasteiger partial charge in [0.1, 0.15) is 11.3 Å². The SMILES string of the molecule is O=S1(=O)CCCC1Cn1c(CCO)nc2cccnc21. The van der Waals surface area contributed by atoms with E-state index < -0.39 is 9.84 Å². The van der Waals surface area contributed by atoms with Gasteiger partial charge in [-0.15, -0.1) is 0 Å². The van der Waals surface area contributed by atoms with E-state index >= 15 is 0 Å². The third-order valence-corrected chi connectivity index (χ3v) is 6.03. The molecule has 2 aromatic heterocycles. The molecule has 0 radical (unpaired) electrons. The second-order valence-corrected chi connectivity index (χ2v) is 7.49. The smallest absolute Gasteiger partial charge is 0.160 e. The Morgan fingerprint density at radius 1 is 1.45 bits per heavy atom. The van der Waals surface area contributed by atoms with E-state index in [2.05, 4.69) is 9.97 Å². The summed E-state index contributed by atoms with van der Waals surface area (Å²) >= 11 is 0. The fourth-order valence-corrected chi connectivity index (χ4v) is 4.56. The first-order valence-electron chi connectivity index (χ1n) is 6.74. The number of aromatic nitrogens is 3. The van der Waals surface area contributed by atoms with E-state index in [1.807, 2.05) is 10.6 Å². The highest BCUT2D eigenvalue weighted by Crippen LogP contribution is 2.24. The van der Waals surface area contributed by atoms with Gasteiger partial charge in [-0.25, -0.2) is 18.4 Å². The molecule has 6 nitrogen and oxygen atoms in total. The van der Waals surface area contributed by atoms with Crippen molar-refractivity contribution in [1.29, 1.82) is 0 Å². The molecule has 2 aromatic rings. The highest BCUT2D eigenvalue weighted by molar-refractivity contribution is 7.92. The standard InChI is InChI=1S/C13H17N3O3S/c17-7-5-12-15-11-4-1-6-14-13(11)16(12)9-10-3-2-8-20(10,18)19/h1,4,6,10,17H,2-3,5,7-9H2. The molecule has 0 amide bonds. The van der Waals surface area contributed by atoms with Gasteiger partial charge in [0.15, 0.2) is 15.5 Å². The van der Waals surface area contributed by atoms with Crippen LogP contribution >= 0.6 is 0 Å². The van der Waals surface area contributed by atoms with Crippen LogP contribution in [0.1, 0.15) is 18.7 Å². The molecule has 20 heavy (non-hydrogen) atoms. The second kappa shape index (κ2) is 5.14. The van der Waals surface area contributed by atoms with Crippen LogP contribution in [0.4, 0.5) is 0 Å².